The van der Waals surface area contributed by atoms with Crippen molar-refractivity contribution in [2.75, 3.05) is 33.1 Å². The summed E-state index contributed by atoms with van der Waals surface area (Å²) in [5.74, 6) is -1.73. The van der Waals surface area contributed by atoms with Gasteiger partial charge in [0.25, 0.3) is 17.4 Å². The highest BCUT2D eigenvalue weighted by Crippen LogP contribution is 2.33. The number of para-hydroxylation sites is 1. The SMILES string of the molecule is CC(=O)O.COc1ccc2c(Oc3ccc(NC(=O)c4c(C)n(CC(C)OC(=O)CN(C)C)n(-c5ccccc5)c4=O)cc3F)ccnc2c1. The number of carboxylic acid groups (broad SMARTS) is 1. The fourth-order valence-corrected chi connectivity index (χ4v) is 5.05. The Morgan fingerprint density at radius 3 is 2.36 bits per heavy atom. The molecular weight excluding hydrogens is 649 g/mol. The van der Waals surface area contributed by atoms with E-state index in [4.69, 9.17) is 24.1 Å². The Hall–Kier alpha value is -6.02. The number of hydrogen-bond donors (Lipinski definition) is 2. The van der Waals surface area contributed by atoms with Gasteiger partial charge in [-0.05, 0) is 70.4 Å². The number of aliphatic carboxylic acids is 1. The molecule has 0 fully saturated rings. The third kappa shape index (κ3) is 9.11. The van der Waals surface area contributed by atoms with Crippen molar-refractivity contribution in [3.05, 3.63) is 106 Å². The third-order valence-corrected chi connectivity index (χ3v) is 7.15. The number of ether oxygens (including phenoxy) is 3. The molecule has 0 saturated carbocycles. The second kappa shape index (κ2) is 16.4. The second-order valence-corrected chi connectivity index (χ2v) is 11.4. The van der Waals surface area contributed by atoms with E-state index in [1.54, 1.807) is 99.4 Å². The number of nitrogens with zero attached hydrogens (tertiary/aromatic N) is 4. The third-order valence-electron chi connectivity index (χ3n) is 7.15. The van der Waals surface area contributed by atoms with Crippen LogP contribution in [0, 0.1) is 12.7 Å². The van der Waals surface area contributed by atoms with Gasteiger partial charge in [-0.1, -0.05) is 18.2 Å². The Bertz CT molecular complexity index is 2060. The first-order valence-corrected chi connectivity index (χ1v) is 15.4. The molecule has 0 aliphatic rings. The number of rotatable bonds is 11. The van der Waals surface area contributed by atoms with Crippen LogP contribution in [0.15, 0.2) is 83.8 Å². The quantitative estimate of drug-likeness (QED) is 0.176. The van der Waals surface area contributed by atoms with Crippen molar-refractivity contribution >= 4 is 34.4 Å². The van der Waals surface area contributed by atoms with Gasteiger partial charge in [0.15, 0.2) is 11.6 Å². The van der Waals surface area contributed by atoms with Gasteiger partial charge in [-0.3, -0.25) is 33.7 Å². The van der Waals surface area contributed by atoms with Crippen molar-refractivity contribution in [3.8, 4) is 22.9 Å². The summed E-state index contributed by atoms with van der Waals surface area (Å²) < 4.78 is 34.9. The van der Waals surface area contributed by atoms with E-state index in [9.17, 15) is 14.4 Å². The van der Waals surface area contributed by atoms with Crippen LogP contribution in [0.2, 0.25) is 0 Å². The zero-order valence-electron chi connectivity index (χ0n) is 28.5. The summed E-state index contributed by atoms with van der Waals surface area (Å²) in [6.45, 7) is 4.64. The van der Waals surface area contributed by atoms with Crippen LogP contribution in [0.25, 0.3) is 16.6 Å². The molecule has 0 saturated heterocycles. The first kappa shape index (κ1) is 36.8. The number of halogens is 1. The molecule has 1 unspecified atom stereocenters. The van der Waals surface area contributed by atoms with Crippen LogP contribution < -0.4 is 20.3 Å². The molecule has 262 valence electrons. The molecule has 2 heterocycles. The number of carbonyl (C=O) groups excluding carboxylic acids is 2. The number of aromatic nitrogens is 3. The predicted octanol–water partition coefficient (Wildman–Crippen LogP) is 5.27. The van der Waals surface area contributed by atoms with E-state index < -0.39 is 35.3 Å². The van der Waals surface area contributed by atoms with Crippen LogP contribution >= 0.6 is 0 Å². The average Bonchev–Trinajstić information content (AvgIpc) is 3.29. The summed E-state index contributed by atoms with van der Waals surface area (Å²) in [7, 11) is 5.07. The number of amides is 1. The minimum absolute atomic E-state index is 0.0621. The summed E-state index contributed by atoms with van der Waals surface area (Å²) in [6.07, 6.45) is 0.944. The average molecular weight is 688 g/mol. The Labute approximate surface area is 287 Å². The van der Waals surface area contributed by atoms with E-state index in [1.807, 2.05) is 6.07 Å². The fraction of sp³-hybridized carbons (Fsp3) is 0.250. The molecule has 5 aromatic rings. The molecule has 13 nitrogen and oxygen atoms in total. The van der Waals surface area contributed by atoms with Gasteiger partial charge in [0.05, 0.1) is 37.1 Å². The molecule has 2 aromatic heterocycles. The van der Waals surface area contributed by atoms with E-state index in [0.717, 1.165) is 13.0 Å². The molecule has 1 amide bonds. The number of carbonyl (C=O) groups is 3. The fourth-order valence-electron chi connectivity index (χ4n) is 5.05. The lowest BCUT2D eigenvalue weighted by atomic mass is 10.2. The first-order valence-electron chi connectivity index (χ1n) is 15.4. The van der Waals surface area contributed by atoms with Gasteiger partial charge in [-0.15, -0.1) is 0 Å². The molecule has 0 radical (unpaired) electrons. The van der Waals surface area contributed by atoms with E-state index in [1.165, 1.54) is 16.8 Å². The van der Waals surface area contributed by atoms with Crippen molar-refractivity contribution < 1.29 is 38.1 Å². The lowest BCUT2D eigenvalue weighted by Gasteiger charge is -2.19. The molecule has 14 heteroatoms. The Balaban J connectivity index is 0.00000133. The highest BCUT2D eigenvalue weighted by molar-refractivity contribution is 6.05. The zero-order chi connectivity index (χ0) is 36.5. The molecule has 0 spiro atoms. The van der Waals surface area contributed by atoms with Crippen molar-refractivity contribution in [1.82, 2.24) is 19.2 Å². The topological polar surface area (TPSA) is 154 Å². The van der Waals surface area contributed by atoms with Crippen LogP contribution in [0.4, 0.5) is 10.1 Å². The van der Waals surface area contributed by atoms with Crippen molar-refractivity contribution in [2.24, 2.45) is 0 Å². The van der Waals surface area contributed by atoms with Gasteiger partial charge < -0.3 is 24.6 Å². The molecule has 0 bridgehead atoms. The molecule has 5 rings (SSSR count). The zero-order valence-corrected chi connectivity index (χ0v) is 28.5. The maximum atomic E-state index is 15.3. The number of esters is 1. The van der Waals surface area contributed by atoms with Crippen LogP contribution in [0.1, 0.15) is 29.9 Å². The number of benzene rings is 3. The van der Waals surface area contributed by atoms with Crippen molar-refractivity contribution in [2.45, 2.75) is 33.4 Å². The molecule has 0 aliphatic carbocycles. The maximum Gasteiger partial charge on any atom is 0.320 e. The van der Waals surface area contributed by atoms with Crippen molar-refractivity contribution in [1.29, 1.82) is 0 Å². The number of pyridine rings is 1. The molecule has 3 aromatic carbocycles. The van der Waals surface area contributed by atoms with Crippen LogP contribution in [0.3, 0.4) is 0 Å². The van der Waals surface area contributed by atoms with E-state index in [-0.39, 0.29) is 30.1 Å². The number of hydrogen-bond acceptors (Lipinski definition) is 9. The largest absolute Gasteiger partial charge is 0.497 e. The minimum Gasteiger partial charge on any atom is -0.497 e. The van der Waals surface area contributed by atoms with Gasteiger partial charge in [0.1, 0.15) is 23.2 Å². The number of nitrogens with one attached hydrogen (secondary N) is 1. The van der Waals surface area contributed by atoms with Crippen LogP contribution in [-0.2, 0) is 20.9 Å². The van der Waals surface area contributed by atoms with Gasteiger partial charge in [0, 0.05) is 36.3 Å². The summed E-state index contributed by atoms with van der Waals surface area (Å²) >= 11 is 0. The van der Waals surface area contributed by atoms with E-state index in [0.29, 0.717) is 33.8 Å². The summed E-state index contributed by atoms with van der Waals surface area (Å²) in [6, 6.07) is 19.7. The second-order valence-electron chi connectivity index (χ2n) is 11.4. The first-order chi connectivity index (χ1) is 23.8. The standard InChI is InChI=1S/C34H34FN5O6.C2H4O2/c1-21(45-31(41)20-38(3)4)19-39-22(2)32(34(43)40(39)24-9-7-6-8-10-24)33(42)37-23-11-14-30(27(35)17-23)46-29-15-16-36-28-18-25(44-5)12-13-26(28)29;1-2(3)4/h6-18,21H,19-20H2,1-5H3,(H,37,42);1H3,(H,3,4). The highest BCUT2D eigenvalue weighted by atomic mass is 19.1. The lowest BCUT2D eigenvalue weighted by Crippen LogP contribution is -2.31. The summed E-state index contributed by atoms with van der Waals surface area (Å²) in [5, 5.41) is 10.7. The van der Waals surface area contributed by atoms with Crippen molar-refractivity contribution in [3.63, 3.8) is 0 Å². The lowest BCUT2D eigenvalue weighted by molar-refractivity contribution is -0.149. The maximum absolute atomic E-state index is 15.3. The Morgan fingerprint density at radius 1 is 1.02 bits per heavy atom. The van der Waals surface area contributed by atoms with Gasteiger partial charge in [-0.25, -0.2) is 9.07 Å². The number of likely N-dealkylation sites (N-methyl/N-ethyl adjacent to an activating group) is 1. The van der Waals surface area contributed by atoms with Crippen LogP contribution in [-0.4, -0.2) is 76.1 Å². The summed E-state index contributed by atoms with van der Waals surface area (Å²) in [4.78, 5) is 54.5. The molecule has 0 aliphatic heterocycles. The molecule has 1 atom stereocenters. The number of fused-ring (bicyclic) bond motifs is 1. The number of anilines is 1. The van der Waals surface area contributed by atoms with Crippen LogP contribution in [0.5, 0.6) is 17.2 Å². The Morgan fingerprint density at radius 2 is 1.72 bits per heavy atom. The smallest absolute Gasteiger partial charge is 0.320 e. The number of methoxy groups -OCH3 is 1. The summed E-state index contributed by atoms with van der Waals surface area (Å²) in [5.41, 5.74) is 0.915. The highest BCUT2D eigenvalue weighted by Gasteiger charge is 2.26. The molecular formula is C36H38FN5O8. The monoisotopic (exact) mass is 687 g/mol. The number of carboxylic acids is 1. The predicted molar refractivity (Wildman–Crippen MR) is 185 cm³/mol. The normalized spacial score (nSPS) is 11.4. The Kier molecular flexibility index (Phi) is 12.1. The minimum atomic E-state index is -0.833. The van der Waals surface area contributed by atoms with Gasteiger partial charge >= 0.3 is 5.97 Å². The van der Waals surface area contributed by atoms with E-state index in [2.05, 4.69) is 10.3 Å². The molecule has 2 N–H and O–H groups in total. The molecule has 50 heavy (non-hydrogen) atoms. The van der Waals surface area contributed by atoms with E-state index >= 15 is 4.39 Å². The van der Waals surface area contributed by atoms with Gasteiger partial charge in [0.2, 0.25) is 0 Å². The van der Waals surface area contributed by atoms with Gasteiger partial charge in [-0.2, -0.15) is 0 Å².